The van der Waals surface area contributed by atoms with Gasteiger partial charge < -0.3 is 15.7 Å². The largest absolute Gasteiger partial charge is 0.509 e. The lowest BCUT2D eigenvalue weighted by Crippen LogP contribution is -2.46. The smallest absolute Gasteiger partial charge is 0.264 e. The van der Waals surface area contributed by atoms with Crippen LogP contribution in [0.25, 0.3) is 0 Å². The Bertz CT molecular complexity index is 1020. The summed E-state index contributed by atoms with van der Waals surface area (Å²) in [5.41, 5.74) is 1.53. The van der Waals surface area contributed by atoms with Gasteiger partial charge in [0.2, 0.25) is 0 Å². The van der Waals surface area contributed by atoms with Crippen LogP contribution in [0, 0.1) is 0 Å². The molecule has 0 bridgehead atoms. The summed E-state index contributed by atoms with van der Waals surface area (Å²) in [4.78, 5) is 25.7. The van der Waals surface area contributed by atoms with E-state index in [1.807, 2.05) is 54.6 Å². The zero-order valence-corrected chi connectivity index (χ0v) is 18.3. The molecule has 5 heteroatoms. The fraction of sp³-hybridized carbons (Fsp3) is 0.333. The molecule has 1 aliphatic heterocycles. The second kappa shape index (κ2) is 9.43. The van der Waals surface area contributed by atoms with Gasteiger partial charge in [-0.2, -0.15) is 0 Å². The Morgan fingerprint density at radius 2 is 1.78 bits per heavy atom. The lowest BCUT2D eigenvalue weighted by molar-refractivity contribution is -0.121. The second-order valence-electron chi connectivity index (χ2n) is 8.83. The molecule has 5 nitrogen and oxygen atoms in total. The molecule has 2 aromatic carbocycles. The molecule has 0 spiro atoms. The highest BCUT2D eigenvalue weighted by Crippen LogP contribution is 2.34. The molecule has 1 heterocycles. The van der Waals surface area contributed by atoms with Gasteiger partial charge in [0.15, 0.2) is 0 Å². The minimum Gasteiger partial charge on any atom is -0.509 e. The molecule has 2 aromatic rings. The summed E-state index contributed by atoms with van der Waals surface area (Å²) in [6, 6.07) is 17.4. The zero-order valence-electron chi connectivity index (χ0n) is 18.3. The average Bonchev–Trinajstić information content (AvgIpc) is 3.05. The van der Waals surface area contributed by atoms with Crippen LogP contribution >= 0.6 is 0 Å². The Balaban J connectivity index is 1.53. The minimum absolute atomic E-state index is 0.234. The van der Waals surface area contributed by atoms with Crippen LogP contribution in [-0.4, -0.2) is 22.5 Å². The van der Waals surface area contributed by atoms with E-state index in [0.29, 0.717) is 24.4 Å². The number of aliphatic hydroxyl groups excluding tert-OH is 1. The molecule has 2 aliphatic rings. The van der Waals surface area contributed by atoms with Crippen molar-refractivity contribution >= 4 is 17.5 Å². The number of nitrogens with one attached hydrogen (secondary N) is 2. The first-order valence-electron chi connectivity index (χ1n) is 11.3. The molecule has 0 saturated heterocycles. The van der Waals surface area contributed by atoms with Crippen molar-refractivity contribution in [3.8, 4) is 0 Å². The number of hydrogen-bond acceptors (Lipinski definition) is 3. The van der Waals surface area contributed by atoms with E-state index in [9.17, 15) is 14.7 Å². The number of carbonyl (C=O) groups is 2. The van der Waals surface area contributed by atoms with E-state index in [1.54, 1.807) is 6.08 Å². The predicted molar refractivity (Wildman–Crippen MR) is 126 cm³/mol. The molecule has 1 saturated carbocycles. The normalized spacial score (nSPS) is 21.3. The molecule has 1 aliphatic carbocycles. The maximum Gasteiger partial charge on any atom is 0.264 e. The monoisotopic (exact) mass is 430 g/mol. The number of carbonyl (C=O) groups excluding carboxylic acids is 2. The second-order valence-corrected chi connectivity index (χ2v) is 8.83. The first kappa shape index (κ1) is 21.9. The first-order chi connectivity index (χ1) is 15.5. The van der Waals surface area contributed by atoms with Gasteiger partial charge in [-0.3, -0.25) is 9.59 Å². The van der Waals surface area contributed by atoms with Gasteiger partial charge in [0.1, 0.15) is 16.9 Å². The lowest BCUT2D eigenvalue weighted by Gasteiger charge is -2.28. The van der Waals surface area contributed by atoms with Crippen LogP contribution < -0.4 is 10.6 Å². The Morgan fingerprint density at radius 1 is 1.09 bits per heavy atom. The Labute approximate surface area is 189 Å². The van der Waals surface area contributed by atoms with Gasteiger partial charge in [-0.1, -0.05) is 67.8 Å². The van der Waals surface area contributed by atoms with Crippen molar-refractivity contribution in [2.75, 3.05) is 5.32 Å². The van der Waals surface area contributed by atoms with Gasteiger partial charge in [-0.25, -0.2) is 0 Å². The van der Waals surface area contributed by atoms with Crippen LogP contribution in [0.4, 0.5) is 5.69 Å². The molecule has 1 unspecified atom stereocenters. The van der Waals surface area contributed by atoms with Crippen molar-refractivity contribution < 1.29 is 14.7 Å². The molecule has 166 valence electrons. The van der Waals surface area contributed by atoms with Crippen LogP contribution in [0.3, 0.4) is 0 Å². The summed E-state index contributed by atoms with van der Waals surface area (Å²) in [5.74, 6) is -0.832. The number of benzene rings is 2. The van der Waals surface area contributed by atoms with Crippen LogP contribution in [0.1, 0.15) is 55.6 Å². The fourth-order valence-corrected chi connectivity index (χ4v) is 4.90. The Hall–Kier alpha value is -3.34. The molecular weight excluding hydrogens is 400 g/mol. The van der Waals surface area contributed by atoms with E-state index in [4.69, 9.17) is 0 Å². The van der Waals surface area contributed by atoms with E-state index in [0.717, 1.165) is 5.56 Å². The van der Waals surface area contributed by atoms with E-state index in [-0.39, 0.29) is 11.3 Å². The van der Waals surface area contributed by atoms with Crippen LogP contribution in [0.5, 0.6) is 0 Å². The summed E-state index contributed by atoms with van der Waals surface area (Å²) in [5, 5.41) is 16.6. The molecule has 32 heavy (non-hydrogen) atoms. The van der Waals surface area contributed by atoms with Crippen LogP contribution in [-0.2, 0) is 16.0 Å². The van der Waals surface area contributed by atoms with Crippen molar-refractivity contribution in [2.24, 2.45) is 0 Å². The van der Waals surface area contributed by atoms with Gasteiger partial charge in [-0.15, -0.1) is 6.58 Å². The highest BCUT2D eigenvalue weighted by Gasteiger charge is 2.47. The fourth-order valence-electron chi connectivity index (χ4n) is 4.90. The topological polar surface area (TPSA) is 78.4 Å². The lowest BCUT2D eigenvalue weighted by atomic mass is 9.84. The van der Waals surface area contributed by atoms with Crippen molar-refractivity contribution in [1.82, 2.24) is 5.32 Å². The summed E-state index contributed by atoms with van der Waals surface area (Å²) >= 11 is 0. The third kappa shape index (κ3) is 4.47. The highest BCUT2D eigenvalue weighted by molar-refractivity contribution is 6.25. The number of amides is 2. The van der Waals surface area contributed by atoms with E-state index in [2.05, 4.69) is 17.2 Å². The van der Waals surface area contributed by atoms with Gasteiger partial charge in [0.25, 0.3) is 11.8 Å². The summed E-state index contributed by atoms with van der Waals surface area (Å²) < 4.78 is 0. The van der Waals surface area contributed by atoms with Gasteiger partial charge in [-0.05, 0) is 48.4 Å². The highest BCUT2D eigenvalue weighted by atomic mass is 16.3. The molecule has 1 fully saturated rings. The summed E-state index contributed by atoms with van der Waals surface area (Å²) in [6.07, 6.45) is 8.57. The molecule has 0 aromatic heterocycles. The third-order valence-corrected chi connectivity index (χ3v) is 6.58. The molecule has 3 N–H and O–H groups in total. The first-order valence-corrected chi connectivity index (χ1v) is 11.3. The molecule has 0 radical (unpaired) electrons. The van der Waals surface area contributed by atoms with Crippen molar-refractivity contribution in [3.05, 3.63) is 89.7 Å². The summed E-state index contributed by atoms with van der Waals surface area (Å²) in [7, 11) is 0. The maximum absolute atomic E-state index is 13.0. The average molecular weight is 431 g/mol. The third-order valence-electron chi connectivity index (χ3n) is 6.58. The molecular formula is C27H30N2O3. The van der Waals surface area contributed by atoms with Crippen LogP contribution in [0.15, 0.2) is 78.6 Å². The van der Waals surface area contributed by atoms with Crippen molar-refractivity contribution in [3.63, 3.8) is 0 Å². The zero-order chi connectivity index (χ0) is 22.6. The van der Waals surface area contributed by atoms with Gasteiger partial charge in [0.05, 0.1) is 0 Å². The Kier molecular flexibility index (Phi) is 6.45. The SMILES string of the molecule is C=CCC1(Cc2ccccc2)NC(=O)C(C(=O)Nc2ccc(C3CCCCC3)cc2)=C1O. The molecule has 2 amide bonds. The van der Waals surface area contributed by atoms with Crippen molar-refractivity contribution in [1.29, 1.82) is 0 Å². The molecule has 1 atom stereocenters. The summed E-state index contributed by atoms with van der Waals surface area (Å²) in [6.45, 7) is 3.77. The number of hydrogen-bond donors (Lipinski definition) is 3. The van der Waals surface area contributed by atoms with Gasteiger partial charge >= 0.3 is 0 Å². The van der Waals surface area contributed by atoms with E-state index < -0.39 is 17.4 Å². The standard InChI is InChI=1S/C27H30N2O3/c1-2-17-27(18-19-9-5-3-6-10-19)24(30)23(26(32)29-27)25(31)28-22-15-13-21(14-16-22)20-11-7-4-8-12-20/h2-3,5-6,9-10,13-16,20,30H,1,4,7-8,11-12,17-18H2,(H,28,31)(H,29,32). The number of anilines is 1. The number of aliphatic hydroxyl groups is 1. The minimum atomic E-state index is -1.07. The van der Waals surface area contributed by atoms with E-state index in [1.165, 1.54) is 37.7 Å². The Morgan fingerprint density at radius 3 is 2.44 bits per heavy atom. The molecule has 4 rings (SSSR count). The quantitative estimate of drug-likeness (QED) is 0.419. The maximum atomic E-state index is 13.0. The van der Waals surface area contributed by atoms with Crippen molar-refractivity contribution in [2.45, 2.75) is 56.4 Å². The predicted octanol–water partition coefficient (Wildman–Crippen LogP) is 5.17. The van der Waals surface area contributed by atoms with E-state index >= 15 is 0 Å². The van der Waals surface area contributed by atoms with Gasteiger partial charge in [0, 0.05) is 12.1 Å². The van der Waals surface area contributed by atoms with Crippen LogP contribution in [0.2, 0.25) is 0 Å². The number of rotatable bonds is 7.